The highest BCUT2D eigenvalue weighted by Crippen LogP contribution is 2.35. The van der Waals surface area contributed by atoms with Crippen molar-refractivity contribution in [3.05, 3.63) is 70.3 Å². The number of furan rings is 1. The van der Waals surface area contributed by atoms with Gasteiger partial charge in [-0.15, -0.1) is 11.3 Å². The number of methoxy groups -OCH3 is 2. The smallest absolute Gasteiger partial charge is 0.247 e. The lowest BCUT2D eigenvalue weighted by atomic mass is 10.0. The lowest BCUT2D eigenvalue weighted by molar-refractivity contribution is -0.141. The monoisotopic (exact) mass is 482 g/mol. The fraction of sp³-hybridized carbons (Fsp3) is 0.385. The summed E-state index contributed by atoms with van der Waals surface area (Å²) in [6.45, 7) is 0.162. The van der Waals surface area contributed by atoms with Crippen LogP contribution in [0.1, 0.15) is 47.9 Å². The van der Waals surface area contributed by atoms with Crippen molar-refractivity contribution in [2.75, 3.05) is 14.2 Å². The number of benzene rings is 1. The molecule has 1 aliphatic carbocycles. The maximum Gasteiger partial charge on any atom is 0.247 e. The first-order valence-corrected chi connectivity index (χ1v) is 12.3. The molecule has 180 valence electrons. The zero-order valence-electron chi connectivity index (χ0n) is 19.5. The van der Waals surface area contributed by atoms with Crippen LogP contribution in [0.5, 0.6) is 11.5 Å². The summed E-state index contributed by atoms with van der Waals surface area (Å²) in [5.74, 6) is 1.31. The third-order valence-electron chi connectivity index (χ3n) is 6.13. The molecule has 1 fully saturated rings. The minimum absolute atomic E-state index is 0.108. The molecule has 1 saturated carbocycles. The Kier molecular flexibility index (Phi) is 7.90. The first kappa shape index (κ1) is 23.9. The van der Waals surface area contributed by atoms with E-state index in [9.17, 15) is 9.59 Å². The molecule has 0 aliphatic heterocycles. The van der Waals surface area contributed by atoms with Crippen LogP contribution in [0.15, 0.2) is 58.5 Å². The molecule has 0 spiro atoms. The summed E-state index contributed by atoms with van der Waals surface area (Å²) in [7, 11) is 3.13. The second-order valence-corrected chi connectivity index (χ2v) is 9.39. The second kappa shape index (κ2) is 11.2. The van der Waals surface area contributed by atoms with Gasteiger partial charge in [0.15, 0.2) is 0 Å². The number of ether oxygens (including phenoxy) is 2. The molecule has 2 aromatic heterocycles. The van der Waals surface area contributed by atoms with Crippen molar-refractivity contribution in [2.45, 2.75) is 50.7 Å². The van der Waals surface area contributed by atoms with Crippen LogP contribution in [-0.2, 0) is 22.6 Å². The van der Waals surface area contributed by atoms with Gasteiger partial charge >= 0.3 is 0 Å². The number of nitrogens with one attached hydrogen (secondary N) is 1. The molecule has 7 nitrogen and oxygen atoms in total. The van der Waals surface area contributed by atoms with E-state index in [-0.39, 0.29) is 30.8 Å². The lowest BCUT2D eigenvalue weighted by Crippen LogP contribution is -2.46. The number of hydrogen-bond donors (Lipinski definition) is 1. The molecular weight excluding hydrogens is 452 g/mol. The molecule has 2 amide bonds. The van der Waals surface area contributed by atoms with Gasteiger partial charge < -0.3 is 24.1 Å². The van der Waals surface area contributed by atoms with Gasteiger partial charge in [-0.25, -0.2) is 0 Å². The van der Waals surface area contributed by atoms with Crippen molar-refractivity contribution in [2.24, 2.45) is 0 Å². The Morgan fingerprint density at radius 3 is 2.62 bits per heavy atom. The maximum atomic E-state index is 13.8. The number of carbonyl (C=O) groups is 2. The largest absolute Gasteiger partial charge is 0.497 e. The molecule has 0 saturated heterocycles. The zero-order valence-corrected chi connectivity index (χ0v) is 20.3. The van der Waals surface area contributed by atoms with Gasteiger partial charge in [0, 0.05) is 22.5 Å². The summed E-state index contributed by atoms with van der Waals surface area (Å²) < 4.78 is 16.6. The molecule has 4 rings (SSSR count). The Morgan fingerprint density at radius 2 is 1.97 bits per heavy atom. The Bertz CT molecular complexity index is 1070. The van der Waals surface area contributed by atoms with Crippen molar-refractivity contribution >= 4 is 23.2 Å². The summed E-state index contributed by atoms with van der Waals surface area (Å²) in [6, 6.07) is 12.0. The van der Waals surface area contributed by atoms with Gasteiger partial charge in [0.05, 0.1) is 33.4 Å². The fourth-order valence-electron chi connectivity index (χ4n) is 4.40. The summed E-state index contributed by atoms with van der Waals surface area (Å²) >= 11 is 1.52. The number of rotatable bonds is 10. The highest BCUT2D eigenvalue weighted by molar-refractivity contribution is 7.10. The number of nitrogens with zero attached hydrogens (tertiary/aromatic N) is 1. The van der Waals surface area contributed by atoms with Crippen molar-refractivity contribution in [3.8, 4) is 11.5 Å². The summed E-state index contributed by atoms with van der Waals surface area (Å²) in [4.78, 5) is 30.0. The molecule has 0 bridgehead atoms. The minimum atomic E-state index is -0.890. The Hall–Kier alpha value is -3.26. The Labute approximate surface area is 203 Å². The van der Waals surface area contributed by atoms with Gasteiger partial charge in [0.1, 0.15) is 23.3 Å². The number of thiophene rings is 1. The van der Waals surface area contributed by atoms with Crippen LogP contribution in [0, 0.1) is 0 Å². The number of amides is 2. The van der Waals surface area contributed by atoms with Gasteiger partial charge in [-0.1, -0.05) is 18.9 Å². The zero-order chi connectivity index (χ0) is 23.9. The molecular formula is C26H30N2O5S. The van der Waals surface area contributed by atoms with Crippen LogP contribution in [0.25, 0.3) is 0 Å². The van der Waals surface area contributed by atoms with E-state index in [1.807, 2.05) is 23.6 Å². The van der Waals surface area contributed by atoms with Gasteiger partial charge in [0.25, 0.3) is 0 Å². The van der Waals surface area contributed by atoms with Crippen LogP contribution in [0.4, 0.5) is 0 Å². The quantitative estimate of drug-likeness (QED) is 0.452. The summed E-state index contributed by atoms with van der Waals surface area (Å²) in [5.41, 5.74) is 0.602. The Morgan fingerprint density at radius 1 is 1.15 bits per heavy atom. The normalized spacial score (nSPS) is 14.5. The van der Waals surface area contributed by atoms with Crippen molar-refractivity contribution < 1.29 is 23.5 Å². The van der Waals surface area contributed by atoms with Gasteiger partial charge in [-0.05, 0) is 48.6 Å². The van der Waals surface area contributed by atoms with Crippen LogP contribution in [0.3, 0.4) is 0 Å². The third-order valence-corrected chi connectivity index (χ3v) is 7.01. The third kappa shape index (κ3) is 5.62. The van der Waals surface area contributed by atoms with Crippen molar-refractivity contribution in [1.29, 1.82) is 0 Å². The van der Waals surface area contributed by atoms with Crippen LogP contribution < -0.4 is 14.8 Å². The number of hydrogen-bond acceptors (Lipinski definition) is 6. The van der Waals surface area contributed by atoms with Crippen molar-refractivity contribution in [1.82, 2.24) is 10.2 Å². The molecule has 1 aliphatic rings. The Balaban J connectivity index is 1.74. The standard InChI is InChI=1S/C26H30N2O5S/c1-31-19-11-12-22(23(15-19)32-2)25(26(30)27-18-7-3-4-8-18)28(17-20-9-5-13-33-20)24(29)16-21-10-6-14-34-21/h5-6,9-15,18,25H,3-4,7-8,16-17H2,1-2H3,(H,27,30)/t25-/m0/s1. The molecule has 1 N–H and O–H groups in total. The highest BCUT2D eigenvalue weighted by atomic mass is 32.1. The summed E-state index contributed by atoms with van der Waals surface area (Å²) in [6.07, 6.45) is 5.84. The predicted molar refractivity (Wildman–Crippen MR) is 130 cm³/mol. The molecule has 1 atom stereocenters. The average molecular weight is 483 g/mol. The molecule has 2 heterocycles. The first-order chi connectivity index (χ1) is 16.6. The van der Waals surface area contributed by atoms with E-state index in [1.165, 1.54) is 11.3 Å². The van der Waals surface area contributed by atoms with Gasteiger partial charge in [-0.2, -0.15) is 0 Å². The maximum absolute atomic E-state index is 13.8. The molecule has 0 radical (unpaired) electrons. The van der Waals surface area contributed by atoms with E-state index in [0.29, 0.717) is 22.8 Å². The van der Waals surface area contributed by atoms with Crippen LogP contribution in [0.2, 0.25) is 0 Å². The van der Waals surface area contributed by atoms with Gasteiger partial charge in [-0.3, -0.25) is 9.59 Å². The second-order valence-electron chi connectivity index (χ2n) is 8.36. The molecule has 8 heteroatoms. The van der Waals surface area contributed by atoms with Gasteiger partial charge in [0.2, 0.25) is 11.8 Å². The van der Waals surface area contributed by atoms with E-state index >= 15 is 0 Å². The lowest BCUT2D eigenvalue weighted by Gasteiger charge is -2.32. The van der Waals surface area contributed by atoms with Crippen molar-refractivity contribution in [3.63, 3.8) is 0 Å². The topological polar surface area (TPSA) is 81.0 Å². The average Bonchev–Trinajstić information content (AvgIpc) is 3.63. The first-order valence-electron chi connectivity index (χ1n) is 11.5. The van der Waals surface area contributed by atoms with E-state index in [0.717, 1.165) is 30.6 Å². The van der Waals surface area contributed by atoms with Crippen LogP contribution >= 0.6 is 11.3 Å². The fourth-order valence-corrected chi connectivity index (χ4v) is 5.10. The van der Waals surface area contributed by atoms with E-state index < -0.39 is 6.04 Å². The molecule has 34 heavy (non-hydrogen) atoms. The predicted octanol–water partition coefficient (Wildman–Crippen LogP) is 4.73. The summed E-state index contributed by atoms with van der Waals surface area (Å²) in [5, 5.41) is 5.12. The van der Waals surface area contributed by atoms with E-state index in [1.54, 1.807) is 49.6 Å². The van der Waals surface area contributed by atoms with E-state index in [2.05, 4.69) is 5.32 Å². The molecule has 0 unspecified atom stereocenters. The SMILES string of the molecule is COc1ccc([C@@H](C(=O)NC2CCCC2)N(Cc2ccco2)C(=O)Cc2cccs2)c(OC)c1. The van der Waals surface area contributed by atoms with E-state index in [4.69, 9.17) is 13.9 Å². The minimum Gasteiger partial charge on any atom is -0.497 e. The number of carbonyl (C=O) groups excluding carboxylic acids is 2. The molecule has 1 aromatic carbocycles. The highest BCUT2D eigenvalue weighted by Gasteiger charge is 2.35. The molecule has 3 aromatic rings. The van der Waals surface area contributed by atoms with Crippen LogP contribution in [-0.4, -0.2) is 37.0 Å².